The van der Waals surface area contributed by atoms with Crippen LogP contribution in [0.5, 0.6) is 0 Å². The lowest BCUT2D eigenvalue weighted by Crippen LogP contribution is -2.22. The van der Waals surface area contributed by atoms with E-state index in [-0.39, 0.29) is 5.91 Å². The average molecular weight is 348 g/mol. The minimum Gasteiger partial charge on any atom is -0.448 e. The van der Waals surface area contributed by atoms with Crippen LogP contribution in [0, 0.1) is 6.92 Å². The van der Waals surface area contributed by atoms with Crippen molar-refractivity contribution in [2.75, 3.05) is 5.75 Å². The molecule has 1 fully saturated rings. The van der Waals surface area contributed by atoms with E-state index in [1.165, 1.54) is 40.3 Å². The number of rotatable bonds is 4. The maximum absolute atomic E-state index is 11.5. The Morgan fingerprint density at radius 1 is 1.32 bits per heavy atom. The quantitative estimate of drug-likeness (QED) is 0.619. The third kappa shape index (κ3) is 3.60. The molecule has 0 spiro atoms. The van der Waals surface area contributed by atoms with Gasteiger partial charge in [0.25, 0.3) is 5.91 Å². The molecule has 2 aromatic rings. The molecule has 1 aliphatic rings. The van der Waals surface area contributed by atoms with Gasteiger partial charge in [0.1, 0.15) is 5.76 Å². The van der Waals surface area contributed by atoms with E-state index in [2.05, 4.69) is 36.3 Å². The highest BCUT2D eigenvalue weighted by molar-refractivity contribution is 8.23. The zero-order valence-corrected chi connectivity index (χ0v) is 14.1. The third-order valence-corrected chi connectivity index (χ3v) is 5.14. The first-order chi connectivity index (χ1) is 10.6. The lowest BCUT2D eigenvalue weighted by Gasteiger charge is -2.05. The van der Waals surface area contributed by atoms with Crippen LogP contribution in [0.4, 0.5) is 0 Å². The molecule has 1 aromatic carbocycles. The van der Waals surface area contributed by atoms with E-state index in [0.717, 1.165) is 9.99 Å². The monoisotopic (exact) mass is 348 g/mol. The second kappa shape index (κ2) is 6.68. The molecule has 0 radical (unpaired) electrons. The van der Waals surface area contributed by atoms with E-state index in [4.69, 9.17) is 16.6 Å². The minimum absolute atomic E-state index is 0.105. The number of benzene rings is 1. The molecule has 1 saturated heterocycles. The molecule has 7 heteroatoms. The molecule has 2 heterocycles. The number of aryl methyl sites for hydroxylation is 1. The molecule has 0 bridgehead atoms. The summed E-state index contributed by atoms with van der Waals surface area (Å²) in [6.45, 7) is 2.05. The summed E-state index contributed by atoms with van der Waals surface area (Å²) in [6.07, 6.45) is 1.51. The summed E-state index contributed by atoms with van der Waals surface area (Å²) in [5.41, 5.74) is 1.22. The molecule has 1 aromatic heterocycles. The van der Waals surface area contributed by atoms with Crippen molar-refractivity contribution in [1.29, 1.82) is 0 Å². The van der Waals surface area contributed by atoms with Crippen molar-refractivity contribution in [2.45, 2.75) is 16.9 Å². The Bertz CT molecular complexity index is 722. The Kier molecular flexibility index (Phi) is 4.66. The van der Waals surface area contributed by atoms with Crippen molar-refractivity contribution in [3.05, 3.63) is 47.7 Å². The Morgan fingerprint density at radius 3 is 2.77 bits per heavy atom. The molecule has 3 rings (SSSR count). The van der Waals surface area contributed by atoms with Crippen molar-refractivity contribution >= 4 is 52.2 Å². The Balaban J connectivity index is 1.67. The molecule has 0 saturated carbocycles. The first kappa shape index (κ1) is 15.3. The highest BCUT2D eigenvalue weighted by Gasteiger charge is 2.26. The Morgan fingerprint density at radius 2 is 2.09 bits per heavy atom. The molecule has 112 valence electrons. The van der Waals surface area contributed by atoms with Gasteiger partial charge >= 0.3 is 0 Å². The number of thioether (sulfide) groups is 1. The highest BCUT2D eigenvalue weighted by Crippen LogP contribution is 2.29. The van der Waals surface area contributed by atoms with Crippen molar-refractivity contribution < 1.29 is 9.21 Å². The lowest BCUT2D eigenvalue weighted by atomic mass is 10.2. The molecule has 22 heavy (non-hydrogen) atoms. The maximum Gasteiger partial charge on any atom is 0.259 e. The zero-order chi connectivity index (χ0) is 15.5. The van der Waals surface area contributed by atoms with Gasteiger partial charge in [-0.05, 0) is 31.2 Å². The summed E-state index contributed by atoms with van der Waals surface area (Å²) >= 11 is 7.91. The van der Waals surface area contributed by atoms with Gasteiger partial charge in [-0.2, -0.15) is 10.1 Å². The molecule has 0 atom stereocenters. The largest absolute Gasteiger partial charge is 0.448 e. The fraction of sp³-hybridized carbons (Fsp3) is 0.133. The predicted octanol–water partition coefficient (Wildman–Crippen LogP) is 3.93. The summed E-state index contributed by atoms with van der Waals surface area (Å²) in [4.78, 5) is 12.7. The van der Waals surface area contributed by atoms with Crippen LogP contribution >= 0.6 is 35.7 Å². The van der Waals surface area contributed by atoms with Crippen LogP contribution in [0.1, 0.15) is 11.3 Å². The highest BCUT2D eigenvalue weighted by atomic mass is 32.2. The number of hydrazone groups is 1. The van der Waals surface area contributed by atoms with Gasteiger partial charge in [0.15, 0.2) is 9.41 Å². The number of furan rings is 1. The normalized spacial score (nSPS) is 15.2. The Hall–Kier alpha value is -1.57. The van der Waals surface area contributed by atoms with Crippen LogP contribution in [0.15, 0.2) is 55.9 Å². The van der Waals surface area contributed by atoms with Gasteiger partial charge in [0, 0.05) is 4.90 Å². The van der Waals surface area contributed by atoms with Crippen LogP contribution in [-0.4, -0.2) is 27.2 Å². The molecule has 4 nitrogen and oxygen atoms in total. The van der Waals surface area contributed by atoms with Crippen molar-refractivity contribution in [1.82, 2.24) is 5.01 Å². The van der Waals surface area contributed by atoms with Crippen molar-refractivity contribution in [2.24, 2.45) is 5.10 Å². The van der Waals surface area contributed by atoms with Gasteiger partial charge in [0.2, 0.25) is 0 Å². The topological polar surface area (TPSA) is 45.8 Å². The molecule has 0 aliphatic carbocycles. The van der Waals surface area contributed by atoms with Gasteiger partial charge in [-0.1, -0.05) is 53.4 Å². The van der Waals surface area contributed by atoms with Crippen LogP contribution in [0.3, 0.4) is 0 Å². The standard InChI is InChI=1S/C15H12N2O2S3/c1-10-2-5-12(6-3-10)22-14-7-4-11(19-14)8-16-17-13(18)9-21-15(17)20/h2-8H,9H2,1H3/b16-8-. The molecule has 1 aliphatic heterocycles. The number of nitrogens with zero attached hydrogens (tertiary/aromatic N) is 2. The van der Waals surface area contributed by atoms with Gasteiger partial charge in [-0.25, -0.2) is 0 Å². The van der Waals surface area contributed by atoms with Crippen LogP contribution in [0.2, 0.25) is 0 Å². The number of carbonyl (C=O) groups is 1. The molecule has 1 amide bonds. The van der Waals surface area contributed by atoms with E-state index >= 15 is 0 Å². The number of amides is 1. The molecular weight excluding hydrogens is 336 g/mol. The molecule has 0 N–H and O–H groups in total. The van der Waals surface area contributed by atoms with Gasteiger partial charge in [0.05, 0.1) is 12.0 Å². The van der Waals surface area contributed by atoms with Gasteiger partial charge in [-0.3, -0.25) is 4.79 Å². The summed E-state index contributed by atoms with van der Waals surface area (Å²) in [7, 11) is 0. The van der Waals surface area contributed by atoms with Crippen LogP contribution in [-0.2, 0) is 4.79 Å². The first-order valence-corrected chi connectivity index (χ1v) is 8.71. The van der Waals surface area contributed by atoms with Crippen molar-refractivity contribution in [3.63, 3.8) is 0 Å². The SMILES string of the molecule is Cc1ccc(Sc2ccc(/C=N\N3C(=O)CSC3=S)o2)cc1. The van der Waals surface area contributed by atoms with E-state index in [9.17, 15) is 4.79 Å². The van der Waals surface area contributed by atoms with Crippen molar-refractivity contribution in [3.8, 4) is 0 Å². The van der Waals surface area contributed by atoms with Gasteiger partial charge < -0.3 is 4.42 Å². The van der Waals surface area contributed by atoms with Crippen LogP contribution in [0.25, 0.3) is 0 Å². The number of hydrogen-bond donors (Lipinski definition) is 0. The summed E-state index contributed by atoms with van der Waals surface area (Å²) in [5, 5.41) is 6.09. The first-order valence-electron chi connectivity index (χ1n) is 6.50. The van der Waals surface area contributed by atoms with E-state index in [1.807, 2.05) is 12.1 Å². The second-order valence-corrected chi connectivity index (χ2v) is 7.26. The van der Waals surface area contributed by atoms with Crippen LogP contribution < -0.4 is 0 Å². The second-order valence-electron chi connectivity index (χ2n) is 4.58. The number of thiocarbonyl (C=S) groups is 1. The molecular formula is C15H12N2O2S3. The van der Waals surface area contributed by atoms with E-state index in [0.29, 0.717) is 15.8 Å². The molecule has 0 unspecified atom stereocenters. The Labute approximate surface area is 141 Å². The fourth-order valence-corrected chi connectivity index (χ4v) is 3.50. The third-order valence-electron chi connectivity index (χ3n) is 2.87. The lowest BCUT2D eigenvalue weighted by molar-refractivity contribution is -0.123. The van der Waals surface area contributed by atoms with E-state index < -0.39 is 0 Å². The smallest absolute Gasteiger partial charge is 0.259 e. The fourth-order valence-electron chi connectivity index (χ4n) is 1.75. The summed E-state index contributed by atoms with van der Waals surface area (Å²) < 4.78 is 6.15. The average Bonchev–Trinajstić information content (AvgIpc) is 3.07. The zero-order valence-electron chi connectivity index (χ0n) is 11.7. The maximum atomic E-state index is 11.5. The summed E-state index contributed by atoms with van der Waals surface area (Å²) in [6, 6.07) is 11.9. The van der Waals surface area contributed by atoms with E-state index in [1.54, 1.807) is 0 Å². The predicted molar refractivity (Wildman–Crippen MR) is 93.5 cm³/mol. The minimum atomic E-state index is -0.105. The summed E-state index contributed by atoms with van der Waals surface area (Å²) in [5.74, 6) is 0.831. The number of hydrogen-bond acceptors (Lipinski definition) is 6. The van der Waals surface area contributed by atoms with Gasteiger partial charge in [-0.15, -0.1) is 0 Å². The number of carbonyl (C=O) groups excluding carboxylic acids is 1.